The topological polar surface area (TPSA) is 60.5 Å². The Morgan fingerprint density at radius 2 is 1.67 bits per heavy atom. The summed E-state index contributed by atoms with van der Waals surface area (Å²) in [6.45, 7) is 1.90. The molecule has 0 bridgehead atoms. The maximum absolute atomic E-state index is 12.7. The van der Waals surface area contributed by atoms with Crippen molar-refractivity contribution in [3.05, 3.63) is 59.8 Å². The van der Waals surface area contributed by atoms with E-state index in [-0.39, 0.29) is 5.91 Å². The van der Waals surface area contributed by atoms with Crippen LogP contribution in [0.1, 0.15) is 16.1 Å². The summed E-state index contributed by atoms with van der Waals surface area (Å²) in [6.07, 6.45) is 0. The number of carbonyl (C=O) groups is 1. The summed E-state index contributed by atoms with van der Waals surface area (Å²) < 4.78 is 10.4. The van der Waals surface area contributed by atoms with E-state index in [2.05, 4.69) is 10.3 Å². The number of aryl methyl sites for hydroxylation is 1. The van der Waals surface area contributed by atoms with Gasteiger partial charge in [0.25, 0.3) is 5.91 Å². The molecule has 3 aromatic rings. The molecule has 5 nitrogen and oxygen atoms in total. The first-order valence-electron chi connectivity index (χ1n) is 7.51. The number of hydrogen-bond donors (Lipinski definition) is 1. The van der Waals surface area contributed by atoms with Gasteiger partial charge in [-0.05, 0) is 31.2 Å². The minimum absolute atomic E-state index is 0.233. The van der Waals surface area contributed by atoms with Crippen LogP contribution in [0.15, 0.2) is 48.5 Å². The second-order valence-electron chi connectivity index (χ2n) is 5.38. The Morgan fingerprint density at radius 1 is 1.00 bits per heavy atom. The molecule has 0 spiro atoms. The SMILES string of the molecule is COc1cc(OC)cc(C(=O)Nc2cc(C)nc3ccccc23)c1. The number of nitrogens with zero attached hydrogens (tertiary/aromatic N) is 1. The number of amides is 1. The molecule has 2 aromatic carbocycles. The largest absolute Gasteiger partial charge is 0.497 e. The van der Waals surface area contributed by atoms with E-state index in [1.807, 2.05) is 37.3 Å². The smallest absolute Gasteiger partial charge is 0.255 e. The molecule has 1 N–H and O–H groups in total. The third-order valence-electron chi connectivity index (χ3n) is 3.71. The zero-order chi connectivity index (χ0) is 17.1. The molecule has 5 heteroatoms. The first-order chi connectivity index (χ1) is 11.6. The Bertz CT molecular complexity index is 884. The van der Waals surface area contributed by atoms with E-state index in [9.17, 15) is 4.79 Å². The van der Waals surface area contributed by atoms with E-state index < -0.39 is 0 Å². The van der Waals surface area contributed by atoms with Gasteiger partial charge in [-0.25, -0.2) is 0 Å². The predicted molar refractivity (Wildman–Crippen MR) is 94.0 cm³/mol. The highest BCUT2D eigenvalue weighted by Crippen LogP contribution is 2.26. The number of nitrogens with one attached hydrogen (secondary N) is 1. The van der Waals surface area contributed by atoms with E-state index in [1.54, 1.807) is 32.4 Å². The number of anilines is 1. The molecular formula is C19H18N2O3. The molecule has 0 saturated carbocycles. The van der Waals surface area contributed by atoms with Crippen LogP contribution in [0, 0.1) is 6.92 Å². The van der Waals surface area contributed by atoms with Gasteiger partial charge in [-0.1, -0.05) is 18.2 Å². The Hall–Kier alpha value is -3.08. The molecule has 1 amide bonds. The Morgan fingerprint density at radius 3 is 2.33 bits per heavy atom. The van der Waals surface area contributed by atoms with Gasteiger partial charge in [0.2, 0.25) is 0 Å². The Labute approximate surface area is 140 Å². The number of aromatic nitrogens is 1. The highest BCUT2D eigenvalue weighted by molar-refractivity contribution is 6.09. The maximum Gasteiger partial charge on any atom is 0.255 e. The average Bonchev–Trinajstić information content (AvgIpc) is 2.61. The molecule has 3 rings (SSSR count). The zero-order valence-electron chi connectivity index (χ0n) is 13.8. The average molecular weight is 322 g/mol. The minimum atomic E-state index is -0.233. The molecule has 122 valence electrons. The number of para-hydroxylation sites is 1. The molecule has 0 unspecified atom stereocenters. The summed E-state index contributed by atoms with van der Waals surface area (Å²) >= 11 is 0. The van der Waals surface area contributed by atoms with Gasteiger partial charge in [0, 0.05) is 22.7 Å². The molecule has 0 saturated heterocycles. The fourth-order valence-corrected chi connectivity index (χ4v) is 2.54. The highest BCUT2D eigenvalue weighted by atomic mass is 16.5. The van der Waals surface area contributed by atoms with Gasteiger partial charge in [-0.15, -0.1) is 0 Å². The summed E-state index contributed by atoms with van der Waals surface area (Å²) in [4.78, 5) is 17.1. The molecule has 0 aliphatic carbocycles. The van der Waals surface area contributed by atoms with Gasteiger partial charge < -0.3 is 14.8 Å². The van der Waals surface area contributed by atoms with E-state index in [0.29, 0.717) is 17.1 Å². The van der Waals surface area contributed by atoms with Crippen molar-refractivity contribution in [3.63, 3.8) is 0 Å². The summed E-state index contributed by atoms with van der Waals surface area (Å²) in [6, 6.07) is 14.6. The number of methoxy groups -OCH3 is 2. The van der Waals surface area contributed by atoms with Crippen molar-refractivity contribution in [3.8, 4) is 11.5 Å². The minimum Gasteiger partial charge on any atom is -0.497 e. The molecule has 0 aliphatic rings. The lowest BCUT2D eigenvalue weighted by atomic mass is 10.1. The van der Waals surface area contributed by atoms with E-state index in [4.69, 9.17) is 9.47 Å². The van der Waals surface area contributed by atoms with Gasteiger partial charge in [-0.3, -0.25) is 9.78 Å². The first kappa shape index (κ1) is 15.8. The number of benzene rings is 2. The second-order valence-corrected chi connectivity index (χ2v) is 5.38. The van der Waals surface area contributed by atoms with Crippen molar-refractivity contribution in [1.82, 2.24) is 4.98 Å². The Kier molecular flexibility index (Phi) is 4.33. The van der Waals surface area contributed by atoms with Gasteiger partial charge in [0.1, 0.15) is 11.5 Å². The monoisotopic (exact) mass is 322 g/mol. The second kappa shape index (κ2) is 6.58. The van der Waals surface area contributed by atoms with Crippen LogP contribution in [-0.2, 0) is 0 Å². The summed E-state index contributed by atoms with van der Waals surface area (Å²) in [7, 11) is 3.10. The lowest BCUT2D eigenvalue weighted by Crippen LogP contribution is -2.13. The standard InChI is InChI=1S/C19H18N2O3/c1-12-8-18(16-6-4-5-7-17(16)20-12)21-19(22)13-9-14(23-2)11-15(10-13)24-3/h4-11H,1-3H3,(H,20,21,22). The van der Waals surface area contributed by atoms with Crippen molar-refractivity contribution in [2.45, 2.75) is 6.92 Å². The van der Waals surface area contributed by atoms with Crippen LogP contribution in [0.2, 0.25) is 0 Å². The van der Waals surface area contributed by atoms with Crippen LogP contribution in [-0.4, -0.2) is 25.1 Å². The number of rotatable bonds is 4. The molecule has 24 heavy (non-hydrogen) atoms. The number of ether oxygens (including phenoxy) is 2. The molecule has 0 fully saturated rings. The summed E-state index contributed by atoms with van der Waals surface area (Å²) in [5.41, 5.74) is 2.87. The van der Waals surface area contributed by atoms with Crippen molar-refractivity contribution < 1.29 is 14.3 Å². The number of carbonyl (C=O) groups excluding carboxylic acids is 1. The van der Waals surface area contributed by atoms with Gasteiger partial charge in [0.05, 0.1) is 25.4 Å². The summed E-state index contributed by atoms with van der Waals surface area (Å²) in [5, 5.41) is 3.85. The molecule has 1 aromatic heterocycles. The van der Waals surface area contributed by atoms with E-state index in [1.165, 1.54) is 0 Å². The van der Waals surface area contributed by atoms with Crippen LogP contribution < -0.4 is 14.8 Å². The lowest BCUT2D eigenvalue weighted by molar-refractivity contribution is 0.102. The van der Waals surface area contributed by atoms with Crippen LogP contribution in [0.5, 0.6) is 11.5 Å². The fourth-order valence-electron chi connectivity index (χ4n) is 2.54. The number of pyridine rings is 1. The highest BCUT2D eigenvalue weighted by Gasteiger charge is 2.12. The molecule has 0 aliphatic heterocycles. The van der Waals surface area contributed by atoms with Crippen molar-refractivity contribution in [2.24, 2.45) is 0 Å². The van der Waals surface area contributed by atoms with Crippen LogP contribution in [0.25, 0.3) is 10.9 Å². The normalized spacial score (nSPS) is 10.5. The third kappa shape index (κ3) is 3.15. The van der Waals surface area contributed by atoms with Gasteiger partial charge in [-0.2, -0.15) is 0 Å². The predicted octanol–water partition coefficient (Wildman–Crippen LogP) is 3.81. The molecular weight excluding hydrogens is 304 g/mol. The Balaban J connectivity index is 1.98. The summed E-state index contributed by atoms with van der Waals surface area (Å²) in [5.74, 6) is 0.897. The van der Waals surface area contributed by atoms with Crippen molar-refractivity contribution in [2.75, 3.05) is 19.5 Å². The van der Waals surface area contributed by atoms with Crippen molar-refractivity contribution >= 4 is 22.5 Å². The fraction of sp³-hybridized carbons (Fsp3) is 0.158. The third-order valence-corrected chi connectivity index (χ3v) is 3.71. The van der Waals surface area contributed by atoms with E-state index >= 15 is 0 Å². The van der Waals surface area contributed by atoms with Gasteiger partial charge >= 0.3 is 0 Å². The van der Waals surface area contributed by atoms with Crippen LogP contribution >= 0.6 is 0 Å². The zero-order valence-corrected chi connectivity index (χ0v) is 13.8. The van der Waals surface area contributed by atoms with Crippen molar-refractivity contribution in [1.29, 1.82) is 0 Å². The van der Waals surface area contributed by atoms with Crippen LogP contribution in [0.4, 0.5) is 5.69 Å². The van der Waals surface area contributed by atoms with Gasteiger partial charge in [0.15, 0.2) is 0 Å². The molecule has 0 atom stereocenters. The lowest BCUT2D eigenvalue weighted by Gasteiger charge is -2.11. The quantitative estimate of drug-likeness (QED) is 0.793. The van der Waals surface area contributed by atoms with Crippen LogP contribution in [0.3, 0.4) is 0 Å². The number of fused-ring (bicyclic) bond motifs is 1. The maximum atomic E-state index is 12.7. The first-order valence-corrected chi connectivity index (χ1v) is 7.51. The van der Waals surface area contributed by atoms with E-state index in [0.717, 1.165) is 22.3 Å². The molecule has 1 heterocycles. The number of hydrogen-bond acceptors (Lipinski definition) is 4. The molecule has 0 radical (unpaired) electrons.